The van der Waals surface area contributed by atoms with E-state index in [0.717, 1.165) is 24.0 Å². The molecule has 182 valence electrons. The van der Waals surface area contributed by atoms with Crippen molar-refractivity contribution < 1.29 is 22.1 Å². The Balaban J connectivity index is 1.39. The van der Waals surface area contributed by atoms with Crippen LogP contribution < -0.4 is 0 Å². The molecule has 1 aromatic heterocycles. The van der Waals surface area contributed by atoms with Gasteiger partial charge in [0.15, 0.2) is 5.79 Å². The molecule has 0 unspecified atom stereocenters. The van der Waals surface area contributed by atoms with E-state index in [9.17, 15) is 8.42 Å². The molecule has 7 nitrogen and oxygen atoms in total. The highest BCUT2D eigenvalue weighted by molar-refractivity contribution is 7.86. The second kappa shape index (κ2) is 10.8. The molecule has 2 atom stereocenters. The third-order valence-electron chi connectivity index (χ3n) is 5.63. The molecule has 1 saturated heterocycles. The summed E-state index contributed by atoms with van der Waals surface area (Å²) in [5.41, 5.74) is 1.96. The normalized spacial score (nSPS) is 20.6. The van der Waals surface area contributed by atoms with Crippen LogP contribution in [0.15, 0.2) is 66.1 Å². The summed E-state index contributed by atoms with van der Waals surface area (Å²) in [7, 11) is -3.89. The van der Waals surface area contributed by atoms with Crippen LogP contribution in [-0.2, 0) is 36.7 Å². The molecule has 34 heavy (non-hydrogen) atoms. The van der Waals surface area contributed by atoms with E-state index in [2.05, 4.69) is 4.98 Å². The zero-order valence-corrected chi connectivity index (χ0v) is 21.0. The molecular weight excluding hydrogens is 499 g/mol. The Morgan fingerprint density at radius 2 is 2.00 bits per heavy atom. The van der Waals surface area contributed by atoms with Crippen molar-refractivity contribution in [1.82, 2.24) is 9.55 Å². The molecule has 0 aliphatic carbocycles. The predicted molar refractivity (Wildman–Crippen MR) is 129 cm³/mol. The van der Waals surface area contributed by atoms with E-state index in [1.807, 2.05) is 29.8 Å². The molecule has 1 aliphatic heterocycles. The van der Waals surface area contributed by atoms with E-state index in [0.29, 0.717) is 23.0 Å². The second-order valence-corrected chi connectivity index (χ2v) is 10.8. The minimum absolute atomic E-state index is 0.113. The average Bonchev–Trinajstić information content (AvgIpc) is 3.45. The summed E-state index contributed by atoms with van der Waals surface area (Å²) in [4.78, 5) is 4.20. The molecule has 10 heteroatoms. The lowest BCUT2D eigenvalue weighted by molar-refractivity contribution is -0.185. The minimum atomic E-state index is -3.89. The first-order valence-electron chi connectivity index (χ1n) is 10.9. The Hall–Kier alpha value is -1.94. The van der Waals surface area contributed by atoms with E-state index < -0.39 is 22.0 Å². The van der Waals surface area contributed by atoms with Crippen LogP contribution in [0.25, 0.3) is 0 Å². The van der Waals surface area contributed by atoms with Gasteiger partial charge >= 0.3 is 0 Å². The quantitative estimate of drug-likeness (QED) is 0.345. The molecule has 0 spiro atoms. The number of aryl methyl sites for hydroxylation is 2. The lowest BCUT2D eigenvalue weighted by Crippen LogP contribution is -2.37. The summed E-state index contributed by atoms with van der Waals surface area (Å²) < 4.78 is 44.6. The van der Waals surface area contributed by atoms with Crippen LogP contribution in [-0.4, -0.2) is 43.1 Å². The van der Waals surface area contributed by atoms with E-state index in [1.165, 1.54) is 12.1 Å². The highest BCUT2D eigenvalue weighted by atomic mass is 35.5. The minimum Gasteiger partial charge on any atom is -0.345 e. The number of benzene rings is 2. The van der Waals surface area contributed by atoms with Gasteiger partial charge in [-0.3, -0.25) is 4.18 Å². The number of hydrogen-bond acceptors (Lipinski definition) is 6. The van der Waals surface area contributed by atoms with Gasteiger partial charge in [-0.1, -0.05) is 47.0 Å². The van der Waals surface area contributed by atoms with Gasteiger partial charge in [0.1, 0.15) is 6.10 Å². The van der Waals surface area contributed by atoms with Crippen molar-refractivity contribution in [2.24, 2.45) is 0 Å². The largest absolute Gasteiger partial charge is 0.345 e. The van der Waals surface area contributed by atoms with Crippen LogP contribution in [0.5, 0.6) is 0 Å². The van der Waals surface area contributed by atoms with Crippen LogP contribution in [0, 0.1) is 6.92 Å². The summed E-state index contributed by atoms with van der Waals surface area (Å²) in [6.45, 7) is 2.40. The first-order chi connectivity index (χ1) is 16.2. The monoisotopic (exact) mass is 524 g/mol. The molecule has 2 heterocycles. The molecule has 0 radical (unpaired) electrons. The van der Waals surface area contributed by atoms with Gasteiger partial charge in [-0.15, -0.1) is 0 Å². The Bertz CT molecular complexity index is 1200. The van der Waals surface area contributed by atoms with Crippen LogP contribution >= 0.6 is 23.2 Å². The van der Waals surface area contributed by atoms with Crippen molar-refractivity contribution >= 4 is 33.3 Å². The van der Waals surface area contributed by atoms with E-state index >= 15 is 0 Å². The van der Waals surface area contributed by atoms with Gasteiger partial charge in [0.25, 0.3) is 10.1 Å². The van der Waals surface area contributed by atoms with Crippen molar-refractivity contribution in [1.29, 1.82) is 0 Å². The smallest absolute Gasteiger partial charge is 0.297 e. The van der Waals surface area contributed by atoms with Gasteiger partial charge in [-0.25, -0.2) is 4.98 Å². The van der Waals surface area contributed by atoms with Gasteiger partial charge < -0.3 is 14.0 Å². The molecule has 0 saturated carbocycles. The third kappa shape index (κ3) is 6.38. The first kappa shape index (κ1) is 25.2. The van der Waals surface area contributed by atoms with Crippen LogP contribution in [0.3, 0.4) is 0 Å². The maximum absolute atomic E-state index is 12.5. The lowest BCUT2D eigenvalue weighted by Gasteiger charge is -2.28. The summed E-state index contributed by atoms with van der Waals surface area (Å²) >= 11 is 12.3. The van der Waals surface area contributed by atoms with E-state index in [-0.39, 0.29) is 18.1 Å². The Morgan fingerprint density at radius 1 is 1.21 bits per heavy atom. The number of imidazole rings is 1. The van der Waals surface area contributed by atoms with Gasteiger partial charge in [0.2, 0.25) is 0 Å². The second-order valence-electron chi connectivity index (χ2n) is 8.34. The number of ether oxygens (including phenoxy) is 2. The van der Waals surface area contributed by atoms with Crippen LogP contribution in [0.4, 0.5) is 0 Å². The Morgan fingerprint density at radius 3 is 2.71 bits per heavy atom. The molecule has 0 N–H and O–H groups in total. The molecule has 3 aromatic rings. The molecular formula is C24H26Cl2N2O5S. The van der Waals surface area contributed by atoms with Crippen molar-refractivity contribution in [3.8, 4) is 0 Å². The molecule has 4 rings (SSSR count). The summed E-state index contributed by atoms with van der Waals surface area (Å²) in [5, 5.41) is 1.22. The van der Waals surface area contributed by atoms with Crippen molar-refractivity contribution in [2.75, 3.05) is 13.2 Å². The predicted octanol–water partition coefficient (Wildman–Crippen LogP) is 5.04. The fraction of sp³-hybridized carbons (Fsp3) is 0.375. The zero-order chi connectivity index (χ0) is 24.2. The highest BCUT2D eigenvalue weighted by Crippen LogP contribution is 2.32. The highest BCUT2D eigenvalue weighted by Gasteiger charge is 2.42. The Labute approximate surface area is 209 Å². The van der Waals surface area contributed by atoms with Crippen molar-refractivity contribution in [2.45, 2.75) is 49.5 Å². The number of hydrogen-bond donors (Lipinski definition) is 0. The lowest BCUT2D eigenvalue weighted by atomic mass is 10.0. The number of rotatable bonds is 10. The number of aromatic nitrogens is 2. The fourth-order valence-electron chi connectivity index (χ4n) is 3.86. The Kier molecular flexibility index (Phi) is 7.97. The zero-order valence-electron chi connectivity index (χ0n) is 18.7. The molecule has 0 bridgehead atoms. The molecule has 2 aromatic carbocycles. The van der Waals surface area contributed by atoms with Gasteiger partial charge in [-0.05, 0) is 49.6 Å². The summed E-state index contributed by atoms with van der Waals surface area (Å²) in [5.74, 6) is -0.929. The van der Waals surface area contributed by atoms with Gasteiger partial charge in [0, 0.05) is 28.9 Å². The third-order valence-corrected chi connectivity index (χ3v) is 7.52. The maximum atomic E-state index is 12.5. The van der Waals surface area contributed by atoms with E-state index in [1.54, 1.807) is 30.7 Å². The number of nitrogens with zero attached hydrogens (tertiary/aromatic N) is 2. The van der Waals surface area contributed by atoms with Crippen LogP contribution in [0.1, 0.15) is 24.0 Å². The summed E-state index contributed by atoms with van der Waals surface area (Å²) in [6.07, 6.45) is 6.72. The number of halogens is 2. The van der Waals surface area contributed by atoms with Crippen LogP contribution in [0.2, 0.25) is 10.0 Å². The van der Waals surface area contributed by atoms with Crippen molar-refractivity contribution in [3.63, 3.8) is 0 Å². The molecule has 1 aliphatic rings. The van der Waals surface area contributed by atoms with Gasteiger partial charge in [0.05, 0.1) is 31.0 Å². The first-order valence-corrected chi connectivity index (χ1v) is 13.1. The SMILES string of the molecule is Cc1ccc(S(=O)(=O)OC[C@H]2CO[C@@](CCCc3ccc(Cl)cc3Cl)(Cn3ccnc3)O2)cc1. The maximum Gasteiger partial charge on any atom is 0.297 e. The molecule has 0 amide bonds. The average molecular weight is 525 g/mol. The fourth-order valence-corrected chi connectivity index (χ4v) is 5.30. The van der Waals surface area contributed by atoms with Crippen molar-refractivity contribution in [3.05, 3.63) is 82.4 Å². The standard InChI is InChI=1S/C24H26Cl2N2O5S/c1-18-4-8-22(9-5-18)34(29,30)32-15-21-14-31-24(33-21,16-28-12-11-27-17-28)10-2-3-19-6-7-20(25)13-23(19)26/h4-9,11-13,17,21H,2-3,10,14-16H2,1H3/t21-,24-/m1/s1. The van der Waals surface area contributed by atoms with E-state index in [4.69, 9.17) is 36.9 Å². The topological polar surface area (TPSA) is 79.7 Å². The summed E-state index contributed by atoms with van der Waals surface area (Å²) in [6, 6.07) is 12.0. The van der Waals surface area contributed by atoms with Gasteiger partial charge in [-0.2, -0.15) is 8.42 Å². The molecule has 1 fully saturated rings.